The lowest BCUT2D eigenvalue weighted by molar-refractivity contribution is -0.122. The highest BCUT2D eigenvalue weighted by molar-refractivity contribution is 5.94. The largest absolute Gasteiger partial charge is 0.356 e. The smallest absolute Gasteiger partial charge is 0.233 e. The van der Waals surface area contributed by atoms with Crippen LogP contribution in [0.25, 0.3) is 5.82 Å². The monoisotopic (exact) mass is 439 g/mol. The average molecular weight is 440 g/mol. The Labute approximate surface area is 192 Å². The molecule has 1 aliphatic heterocycles. The number of pyridine rings is 1. The molecule has 0 N–H and O–H groups in total. The Hall–Kier alpha value is -4.07. The van der Waals surface area contributed by atoms with Crippen molar-refractivity contribution in [2.24, 2.45) is 5.92 Å². The van der Waals surface area contributed by atoms with Crippen LogP contribution in [0.15, 0.2) is 85.6 Å². The summed E-state index contributed by atoms with van der Waals surface area (Å²) in [5.41, 5.74) is 1.07. The molecular formula is C25H25N7O. The molecule has 1 aromatic carbocycles. The molecular weight excluding hydrogens is 414 g/mol. The first-order valence-corrected chi connectivity index (χ1v) is 11.1. The van der Waals surface area contributed by atoms with Crippen LogP contribution in [0, 0.1) is 5.92 Å². The molecule has 0 spiro atoms. The van der Waals surface area contributed by atoms with E-state index in [9.17, 15) is 4.79 Å². The molecule has 4 heterocycles. The number of aromatic nitrogens is 5. The van der Waals surface area contributed by atoms with Gasteiger partial charge in [0.15, 0.2) is 5.82 Å². The quantitative estimate of drug-likeness (QED) is 0.457. The Balaban J connectivity index is 1.37. The Morgan fingerprint density at radius 1 is 0.970 bits per heavy atom. The van der Waals surface area contributed by atoms with Gasteiger partial charge in [0.2, 0.25) is 5.91 Å². The molecule has 0 bridgehead atoms. The second-order valence-electron chi connectivity index (χ2n) is 8.07. The molecule has 4 aromatic rings. The normalized spacial score (nSPS) is 15.9. The van der Waals surface area contributed by atoms with Crippen LogP contribution in [-0.2, 0) is 11.3 Å². The molecule has 0 aliphatic carbocycles. The van der Waals surface area contributed by atoms with Gasteiger partial charge in [-0.2, -0.15) is 5.10 Å². The number of carbonyl (C=O) groups excluding carboxylic acids is 1. The molecule has 8 heteroatoms. The summed E-state index contributed by atoms with van der Waals surface area (Å²) in [6, 6.07) is 19.5. The van der Waals surface area contributed by atoms with Gasteiger partial charge in [-0.3, -0.25) is 9.69 Å². The summed E-state index contributed by atoms with van der Waals surface area (Å²) in [6.45, 7) is 1.94. The van der Waals surface area contributed by atoms with Crippen LogP contribution >= 0.6 is 0 Å². The highest BCUT2D eigenvalue weighted by Gasteiger charge is 2.31. The van der Waals surface area contributed by atoms with Gasteiger partial charge in [0.05, 0.1) is 12.5 Å². The van der Waals surface area contributed by atoms with Gasteiger partial charge in [-0.15, -0.1) is 0 Å². The summed E-state index contributed by atoms with van der Waals surface area (Å²) in [5, 5.41) is 4.25. The third kappa shape index (κ3) is 4.74. The fourth-order valence-corrected chi connectivity index (χ4v) is 4.20. The Morgan fingerprint density at radius 3 is 2.61 bits per heavy atom. The van der Waals surface area contributed by atoms with E-state index in [0.717, 1.165) is 30.8 Å². The zero-order chi connectivity index (χ0) is 22.5. The Kier molecular flexibility index (Phi) is 6.06. The van der Waals surface area contributed by atoms with Gasteiger partial charge < -0.3 is 4.90 Å². The molecule has 0 radical (unpaired) electrons. The number of nitrogens with zero attached hydrogens (tertiary/aromatic N) is 7. The van der Waals surface area contributed by atoms with Gasteiger partial charge in [-0.25, -0.2) is 19.6 Å². The Bertz CT molecular complexity index is 1180. The minimum atomic E-state index is -0.146. The van der Waals surface area contributed by atoms with Crippen molar-refractivity contribution in [1.29, 1.82) is 0 Å². The molecule has 1 saturated heterocycles. The number of anilines is 2. The summed E-state index contributed by atoms with van der Waals surface area (Å²) < 4.78 is 1.71. The van der Waals surface area contributed by atoms with Crippen LogP contribution in [0.5, 0.6) is 0 Å². The number of carbonyl (C=O) groups is 1. The van der Waals surface area contributed by atoms with Crippen LogP contribution < -0.4 is 9.80 Å². The molecule has 1 amide bonds. The second kappa shape index (κ2) is 9.60. The van der Waals surface area contributed by atoms with Crippen molar-refractivity contribution in [2.75, 3.05) is 22.9 Å². The predicted molar refractivity (Wildman–Crippen MR) is 126 cm³/mol. The summed E-state index contributed by atoms with van der Waals surface area (Å²) in [4.78, 5) is 31.0. The molecule has 1 atom stereocenters. The minimum Gasteiger partial charge on any atom is -0.356 e. The zero-order valence-electron chi connectivity index (χ0n) is 18.2. The highest BCUT2D eigenvalue weighted by Crippen LogP contribution is 2.26. The van der Waals surface area contributed by atoms with Gasteiger partial charge in [-0.05, 0) is 36.6 Å². The number of amides is 1. The molecule has 5 rings (SSSR count). The lowest BCUT2D eigenvalue weighted by Crippen LogP contribution is -2.45. The molecule has 3 aromatic heterocycles. The third-order valence-electron chi connectivity index (χ3n) is 5.85. The molecule has 0 unspecified atom stereocenters. The minimum absolute atomic E-state index is 0.0867. The van der Waals surface area contributed by atoms with Crippen LogP contribution in [0.2, 0.25) is 0 Å². The van der Waals surface area contributed by atoms with Gasteiger partial charge in [0.25, 0.3) is 0 Å². The number of rotatable bonds is 6. The summed E-state index contributed by atoms with van der Waals surface area (Å²) in [6.07, 6.45) is 8.60. The van der Waals surface area contributed by atoms with Crippen LogP contribution in [0.4, 0.5) is 11.6 Å². The van der Waals surface area contributed by atoms with Crippen molar-refractivity contribution in [2.45, 2.75) is 19.4 Å². The standard InChI is InChI=1S/C25H25N7O/c33-25(31(22-11-4-5-12-26-22)17-20-8-2-1-3-9-20)21-10-6-14-30(18-21)23-16-24(28-19-27-23)32-15-7-13-29-32/h1-5,7-9,11-13,15-16,19,21H,6,10,14,17-18H2/t21-/m0/s1. The van der Waals surface area contributed by atoms with Crippen molar-refractivity contribution in [1.82, 2.24) is 24.7 Å². The number of piperidine rings is 1. The highest BCUT2D eigenvalue weighted by atomic mass is 16.2. The van der Waals surface area contributed by atoms with Crippen LogP contribution in [-0.4, -0.2) is 43.7 Å². The molecule has 1 fully saturated rings. The second-order valence-corrected chi connectivity index (χ2v) is 8.07. The lowest BCUT2D eigenvalue weighted by Gasteiger charge is -2.35. The first kappa shape index (κ1) is 20.8. The van der Waals surface area contributed by atoms with Gasteiger partial charge in [0, 0.05) is 37.7 Å². The summed E-state index contributed by atoms with van der Waals surface area (Å²) in [7, 11) is 0. The third-order valence-corrected chi connectivity index (χ3v) is 5.85. The van der Waals surface area contributed by atoms with Gasteiger partial charge in [0.1, 0.15) is 18.0 Å². The van der Waals surface area contributed by atoms with Crippen LogP contribution in [0.1, 0.15) is 18.4 Å². The van der Waals surface area contributed by atoms with Crippen molar-refractivity contribution in [3.63, 3.8) is 0 Å². The first-order chi connectivity index (χ1) is 16.3. The number of hydrogen-bond donors (Lipinski definition) is 0. The number of benzene rings is 1. The fourth-order valence-electron chi connectivity index (χ4n) is 4.20. The number of hydrogen-bond acceptors (Lipinski definition) is 6. The van der Waals surface area contributed by atoms with Crippen molar-refractivity contribution >= 4 is 17.5 Å². The summed E-state index contributed by atoms with van der Waals surface area (Å²) >= 11 is 0. The van der Waals surface area contributed by atoms with E-state index in [0.29, 0.717) is 24.7 Å². The van der Waals surface area contributed by atoms with Gasteiger partial charge in [-0.1, -0.05) is 36.4 Å². The first-order valence-electron chi connectivity index (χ1n) is 11.1. The maximum atomic E-state index is 13.7. The van der Waals surface area contributed by atoms with E-state index in [-0.39, 0.29) is 11.8 Å². The lowest BCUT2D eigenvalue weighted by atomic mass is 9.96. The van der Waals surface area contributed by atoms with Gasteiger partial charge >= 0.3 is 0 Å². The van der Waals surface area contributed by atoms with Crippen molar-refractivity contribution < 1.29 is 4.79 Å². The fraction of sp³-hybridized carbons (Fsp3) is 0.240. The topological polar surface area (TPSA) is 80.0 Å². The molecule has 0 saturated carbocycles. The van der Waals surface area contributed by atoms with E-state index >= 15 is 0 Å². The molecule has 33 heavy (non-hydrogen) atoms. The van der Waals surface area contributed by atoms with Crippen LogP contribution in [0.3, 0.4) is 0 Å². The van der Waals surface area contributed by atoms with Crippen molar-refractivity contribution in [3.05, 3.63) is 91.1 Å². The van der Waals surface area contributed by atoms with E-state index < -0.39 is 0 Å². The molecule has 166 valence electrons. The maximum Gasteiger partial charge on any atom is 0.233 e. The van der Waals surface area contributed by atoms with E-state index in [1.165, 1.54) is 0 Å². The van der Waals surface area contributed by atoms with E-state index in [1.54, 1.807) is 28.3 Å². The van der Waals surface area contributed by atoms with E-state index in [2.05, 4.69) is 25.0 Å². The van der Waals surface area contributed by atoms with Crippen molar-refractivity contribution in [3.8, 4) is 5.82 Å². The predicted octanol–water partition coefficient (Wildman–Crippen LogP) is 3.51. The Morgan fingerprint density at radius 2 is 1.82 bits per heavy atom. The van der Waals surface area contributed by atoms with E-state index in [4.69, 9.17) is 0 Å². The SMILES string of the molecule is O=C([C@H]1CCCN(c2cc(-n3cccn3)ncn2)C1)N(Cc1ccccc1)c1ccccn1. The summed E-state index contributed by atoms with van der Waals surface area (Å²) in [5.74, 6) is 2.13. The molecule has 1 aliphatic rings. The average Bonchev–Trinajstić information content (AvgIpc) is 3.44. The maximum absolute atomic E-state index is 13.7. The zero-order valence-corrected chi connectivity index (χ0v) is 18.2. The van der Waals surface area contributed by atoms with E-state index in [1.807, 2.05) is 66.9 Å². The molecule has 8 nitrogen and oxygen atoms in total.